The van der Waals surface area contributed by atoms with Crippen molar-refractivity contribution in [1.29, 1.82) is 0 Å². The van der Waals surface area contributed by atoms with Gasteiger partial charge in [0.15, 0.2) is 9.84 Å². The number of tetrazole rings is 1. The first-order valence-electron chi connectivity index (χ1n) is 7.85. The first-order valence-corrected chi connectivity index (χ1v) is 9.67. The first kappa shape index (κ1) is 16.6. The van der Waals surface area contributed by atoms with Gasteiger partial charge in [-0.05, 0) is 41.5 Å². The van der Waals surface area contributed by atoms with Crippen LogP contribution in [-0.4, -0.2) is 63.5 Å². The molecule has 1 amide bonds. The summed E-state index contributed by atoms with van der Waals surface area (Å²) in [4.78, 5) is 14.6. The number of carbonyl (C=O) groups is 1. The summed E-state index contributed by atoms with van der Waals surface area (Å²) in [6.45, 7) is 2.51. The molecular formula is C15H19N5O3S. The number of hydrogen-bond acceptors (Lipinski definition) is 6. The zero-order chi connectivity index (χ0) is 17.2. The van der Waals surface area contributed by atoms with Gasteiger partial charge in [-0.3, -0.25) is 4.79 Å². The third-order valence-corrected chi connectivity index (χ3v) is 5.83. The molecule has 1 atom stereocenters. The fraction of sp³-hybridized carbons (Fsp3) is 0.467. The van der Waals surface area contributed by atoms with Crippen molar-refractivity contribution in [1.82, 2.24) is 25.1 Å². The highest BCUT2D eigenvalue weighted by atomic mass is 32.2. The average molecular weight is 349 g/mol. The smallest absolute Gasteiger partial charge is 0.254 e. The Kier molecular flexibility index (Phi) is 4.61. The van der Waals surface area contributed by atoms with Crippen molar-refractivity contribution in [2.24, 2.45) is 0 Å². The monoisotopic (exact) mass is 349 g/mol. The summed E-state index contributed by atoms with van der Waals surface area (Å²) < 4.78 is 25.0. The molecule has 1 aromatic carbocycles. The van der Waals surface area contributed by atoms with E-state index in [2.05, 4.69) is 15.5 Å². The van der Waals surface area contributed by atoms with E-state index in [-0.39, 0.29) is 23.5 Å². The van der Waals surface area contributed by atoms with Crippen LogP contribution < -0.4 is 0 Å². The molecule has 1 saturated heterocycles. The third-order valence-electron chi connectivity index (χ3n) is 4.08. The van der Waals surface area contributed by atoms with E-state index >= 15 is 0 Å². The van der Waals surface area contributed by atoms with E-state index in [1.807, 2.05) is 6.92 Å². The van der Waals surface area contributed by atoms with Gasteiger partial charge >= 0.3 is 0 Å². The number of aromatic nitrogens is 4. The Labute approximate surface area is 140 Å². The maximum atomic E-state index is 12.9. The van der Waals surface area contributed by atoms with Crippen LogP contribution in [0.4, 0.5) is 0 Å². The van der Waals surface area contributed by atoms with Crippen molar-refractivity contribution in [3.8, 4) is 5.69 Å². The van der Waals surface area contributed by atoms with Crippen LogP contribution in [0, 0.1) is 0 Å². The Morgan fingerprint density at radius 1 is 1.42 bits per heavy atom. The van der Waals surface area contributed by atoms with Gasteiger partial charge in [0.2, 0.25) is 0 Å². The molecule has 8 nitrogen and oxygen atoms in total. The molecule has 0 spiro atoms. The Morgan fingerprint density at radius 2 is 2.25 bits per heavy atom. The standard InChI is InChI=1S/C15H19N5O3S/c1-2-7-19(14-6-8-24(22,23)10-14)15(21)12-4-3-5-13(9-12)20-11-16-17-18-20/h3-5,9,11,14H,2,6-8,10H2,1H3. The van der Waals surface area contributed by atoms with Gasteiger partial charge in [0.25, 0.3) is 5.91 Å². The van der Waals surface area contributed by atoms with E-state index in [0.717, 1.165) is 6.42 Å². The fourth-order valence-corrected chi connectivity index (χ4v) is 4.67. The quantitative estimate of drug-likeness (QED) is 0.788. The van der Waals surface area contributed by atoms with Crippen molar-refractivity contribution < 1.29 is 13.2 Å². The van der Waals surface area contributed by atoms with Crippen molar-refractivity contribution in [2.75, 3.05) is 18.1 Å². The molecule has 1 aromatic heterocycles. The highest BCUT2D eigenvalue weighted by molar-refractivity contribution is 7.91. The van der Waals surface area contributed by atoms with Crippen LogP contribution >= 0.6 is 0 Å². The predicted molar refractivity (Wildman–Crippen MR) is 87.5 cm³/mol. The number of rotatable bonds is 5. The SMILES string of the molecule is CCCN(C(=O)c1cccc(-n2cnnn2)c1)C1CCS(=O)(=O)C1. The van der Waals surface area contributed by atoms with Crippen molar-refractivity contribution in [2.45, 2.75) is 25.8 Å². The van der Waals surface area contributed by atoms with Crippen molar-refractivity contribution >= 4 is 15.7 Å². The van der Waals surface area contributed by atoms with Crippen LogP contribution in [0.2, 0.25) is 0 Å². The molecule has 1 fully saturated rings. The van der Waals surface area contributed by atoms with Gasteiger partial charge in [-0.15, -0.1) is 5.10 Å². The van der Waals surface area contributed by atoms with Crippen molar-refractivity contribution in [3.63, 3.8) is 0 Å². The minimum atomic E-state index is -3.04. The minimum absolute atomic E-state index is 0.0471. The third kappa shape index (κ3) is 3.45. The minimum Gasteiger partial charge on any atom is -0.335 e. The van der Waals surface area contributed by atoms with Crippen LogP contribution in [0.15, 0.2) is 30.6 Å². The van der Waals surface area contributed by atoms with Gasteiger partial charge in [-0.1, -0.05) is 13.0 Å². The lowest BCUT2D eigenvalue weighted by molar-refractivity contribution is 0.0697. The van der Waals surface area contributed by atoms with Gasteiger partial charge in [0, 0.05) is 18.2 Å². The van der Waals surface area contributed by atoms with E-state index in [4.69, 9.17) is 0 Å². The molecule has 1 aliphatic rings. The number of nitrogens with zero attached hydrogens (tertiary/aromatic N) is 5. The van der Waals surface area contributed by atoms with Crippen LogP contribution in [-0.2, 0) is 9.84 Å². The van der Waals surface area contributed by atoms with Gasteiger partial charge in [-0.25, -0.2) is 13.1 Å². The van der Waals surface area contributed by atoms with Crippen LogP contribution in [0.1, 0.15) is 30.1 Å². The van der Waals surface area contributed by atoms with Gasteiger partial charge in [0.05, 0.1) is 17.2 Å². The second-order valence-electron chi connectivity index (χ2n) is 5.86. The predicted octanol–water partition coefficient (Wildman–Crippen LogP) is 0.702. The average Bonchev–Trinajstić information content (AvgIpc) is 3.21. The maximum absolute atomic E-state index is 12.9. The number of hydrogen-bond donors (Lipinski definition) is 0. The van der Waals surface area contributed by atoms with Crippen LogP contribution in [0.5, 0.6) is 0 Å². The second-order valence-corrected chi connectivity index (χ2v) is 8.09. The lowest BCUT2D eigenvalue weighted by Gasteiger charge is -2.28. The lowest BCUT2D eigenvalue weighted by Crippen LogP contribution is -2.41. The molecule has 0 bridgehead atoms. The summed E-state index contributed by atoms with van der Waals surface area (Å²) in [6, 6.07) is 6.75. The number of sulfone groups is 1. The molecule has 1 unspecified atom stereocenters. The van der Waals surface area contributed by atoms with Crippen molar-refractivity contribution in [3.05, 3.63) is 36.2 Å². The second kappa shape index (κ2) is 6.68. The maximum Gasteiger partial charge on any atom is 0.254 e. The topological polar surface area (TPSA) is 98.1 Å². The zero-order valence-corrected chi connectivity index (χ0v) is 14.2. The van der Waals surface area contributed by atoms with E-state index < -0.39 is 9.84 Å². The molecule has 24 heavy (non-hydrogen) atoms. The summed E-state index contributed by atoms with van der Waals surface area (Å²) in [5, 5.41) is 11.0. The van der Waals surface area contributed by atoms with E-state index in [1.54, 1.807) is 29.2 Å². The number of benzene rings is 1. The van der Waals surface area contributed by atoms with Crippen LogP contribution in [0.25, 0.3) is 5.69 Å². The molecule has 0 N–H and O–H groups in total. The molecule has 9 heteroatoms. The molecule has 0 saturated carbocycles. The van der Waals surface area contributed by atoms with E-state index in [9.17, 15) is 13.2 Å². The molecule has 2 heterocycles. The highest BCUT2D eigenvalue weighted by Gasteiger charge is 2.34. The van der Waals surface area contributed by atoms with E-state index in [1.165, 1.54) is 11.0 Å². The molecule has 3 rings (SSSR count). The first-order chi connectivity index (χ1) is 11.5. The fourth-order valence-electron chi connectivity index (χ4n) is 2.94. The summed E-state index contributed by atoms with van der Waals surface area (Å²) in [5.41, 5.74) is 1.18. The van der Waals surface area contributed by atoms with Gasteiger partial charge in [0.1, 0.15) is 6.33 Å². The zero-order valence-electron chi connectivity index (χ0n) is 13.4. The highest BCUT2D eigenvalue weighted by Crippen LogP contribution is 2.21. The summed E-state index contributed by atoms with van der Waals surface area (Å²) >= 11 is 0. The summed E-state index contributed by atoms with van der Waals surface area (Å²) in [6.07, 6.45) is 2.73. The molecule has 0 radical (unpaired) electrons. The largest absolute Gasteiger partial charge is 0.335 e. The number of carbonyl (C=O) groups excluding carboxylic acids is 1. The summed E-state index contributed by atoms with van der Waals surface area (Å²) in [5.74, 6) is 0.0372. The van der Waals surface area contributed by atoms with E-state index in [0.29, 0.717) is 24.2 Å². The lowest BCUT2D eigenvalue weighted by atomic mass is 10.1. The Hall–Kier alpha value is -2.29. The molecule has 2 aromatic rings. The molecule has 1 aliphatic heterocycles. The Bertz CT molecular complexity index is 819. The normalized spacial score (nSPS) is 19.3. The van der Waals surface area contributed by atoms with Crippen LogP contribution in [0.3, 0.4) is 0 Å². The number of amides is 1. The Balaban J connectivity index is 1.87. The molecule has 128 valence electrons. The Morgan fingerprint density at radius 3 is 2.88 bits per heavy atom. The molecule has 0 aliphatic carbocycles. The van der Waals surface area contributed by atoms with Gasteiger partial charge < -0.3 is 4.90 Å². The summed E-state index contributed by atoms with van der Waals surface area (Å²) in [7, 11) is -3.04. The molecular weight excluding hydrogens is 330 g/mol. The van der Waals surface area contributed by atoms with Gasteiger partial charge in [-0.2, -0.15) is 0 Å².